The van der Waals surface area contributed by atoms with E-state index in [-0.39, 0.29) is 18.1 Å². The van der Waals surface area contributed by atoms with Crippen LogP contribution in [0.2, 0.25) is 0 Å². The van der Waals surface area contributed by atoms with Crippen molar-refractivity contribution in [1.82, 2.24) is 10.6 Å². The van der Waals surface area contributed by atoms with Crippen molar-refractivity contribution in [2.24, 2.45) is 0 Å². The second kappa shape index (κ2) is 6.68. The Kier molecular flexibility index (Phi) is 4.93. The zero-order valence-corrected chi connectivity index (χ0v) is 11.6. The minimum absolute atomic E-state index is 0.0201. The minimum atomic E-state index is -0.354. The van der Waals surface area contributed by atoms with Crippen molar-refractivity contribution >= 4 is 5.91 Å². The Hall–Kier alpha value is -1.39. The van der Waals surface area contributed by atoms with E-state index in [2.05, 4.69) is 29.7 Å². The quantitative estimate of drug-likeness (QED) is 0.852. The Bertz CT molecular complexity index is 428. The van der Waals surface area contributed by atoms with E-state index in [1.54, 1.807) is 0 Å². The molecule has 1 aliphatic heterocycles. The lowest BCUT2D eigenvalue weighted by atomic mass is 10.0. The third-order valence-electron chi connectivity index (χ3n) is 3.40. The number of amides is 1. The predicted octanol–water partition coefficient (Wildman–Crippen LogP) is 1.03. The van der Waals surface area contributed by atoms with E-state index in [9.17, 15) is 4.79 Å². The maximum absolute atomic E-state index is 12.0. The first-order valence-corrected chi connectivity index (χ1v) is 6.84. The fourth-order valence-corrected chi connectivity index (χ4v) is 2.29. The molecule has 0 aromatic heterocycles. The molecule has 1 aliphatic rings. The molecule has 0 spiro atoms. The van der Waals surface area contributed by atoms with Gasteiger partial charge in [0.25, 0.3) is 5.91 Å². The first kappa shape index (κ1) is 14.0. The molecule has 0 bridgehead atoms. The van der Waals surface area contributed by atoms with Gasteiger partial charge in [-0.15, -0.1) is 0 Å². The average molecular weight is 262 g/mol. The summed E-state index contributed by atoms with van der Waals surface area (Å²) >= 11 is 0. The Labute approximate surface area is 114 Å². The van der Waals surface area contributed by atoms with Crippen LogP contribution in [-0.4, -0.2) is 37.7 Å². The van der Waals surface area contributed by atoms with E-state index >= 15 is 0 Å². The lowest BCUT2D eigenvalue weighted by molar-refractivity contribution is -0.134. The number of nitrogens with one attached hydrogen (secondary N) is 2. The van der Waals surface area contributed by atoms with Gasteiger partial charge < -0.3 is 15.4 Å². The molecular weight excluding hydrogens is 240 g/mol. The Morgan fingerprint density at radius 3 is 3.00 bits per heavy atom. The number of hydrogen-bond donors (Lipinski definition) is 2. The van der Waals surface area contributed by atoms with Crippen LogP contribution < -0.4 is 10.6 Å². The molecule has 0 aliphatic carbocycles. The van der Waals surface area contributed by atoms with E-state index in [1.807, 2.05) is 19.1 Å². The predicted molar refractivity (Wildman–Crippen MR) is 75.1 cm³/mol. The molecule has 2 unspecified atom stereocenters. The molecule has 0 saturated carbocycles. The lowest BCUT2D eigenvalue weighted by Crippen LogP contribution is -2.50. The van der Waals surface area contributed by atoms with Crippen LogP contribution in [-0.2, 0) is 16.0 Å². The summed E-state index contributed by atoms with van der Waals surface area (Å²) in [7, 11) is 0. The molecule has 1 aromatic rings. The van der Waals surface area contributed by atoms with Crippen molar-refractivity contribution in [1.29, 1.82) is 0 Å². The van der Waals surface area contributed by atoms with Gasteiger partial charge in [0.05, 0.1) is 6.61 Å². The molecule has 0 radical (unpaired) electrons. The van der Waals surface area contributed by atoms with Gasteiger partial charge in [-0.25, -0.2) is 0 Å². The zero-order chi connectivity index (χ0) is 13.7. The van der Waals surface area contributed by atoms with Gasteiger partial charge in [-0.05, 0) is 31.4 Å². The Balaban J connectivity index is 1.85. The number of benzene rings is 1. The fraction of sp³-hybridized carbons (Fsp3) is 0.533. The van der Waals surface area contributed by atoms with Crippen LogP contribution >= 0.6 is 0 Å². The highest BCUT2D eigenvalue weighted by Crippen LogP contribution is 2.10. The van der Waals surface area contributed by atoms with Gasteiger partial charge >= 0.3 is 0 Å². The molecular formula is C15H22N2O2. The van der Waals surface area contributed by atoms with Crippen LogP contribution in [0.4, 0.5) is 0 Å². The second-order valence-electron chi connectivity index (χ2n) is 5.10. The van der Waals surface area contributed by atoms with Gasteiger partial charge in [-0.1, -0.05) is 24.3 Å². The van der Waals surface area contributed by atoms with Gasteiger partial charge in [0.1, 0.15) is 6.10 Å². The highest BCUT2D eigenvalue weighted by atomic mass is 16.5. The summed E-state index contributed by atoms with van der Waals surface area (Å²) in [5.41, 5.74) is 2.54. The molecule has 1 aromatic carbocycles. The summed E-state index contributed by atoms with van der Waals surface area (Å²) in [5, 5.41) is 6.18. The van der Waals surface area contributed by atoms with Crippen molar-refractivity contribution < 1.29 is 9.53 Å². The summed E-state index contributed by atoms with van der Waals surface area (Å²) in [6.07, 6.45) is 0.492. The van der Waals surface area contributed by atoms with Crippen LogP contribution in [0.25, 0.3) is 0 Å². The normalized spacial score (nSPS) is 20.8. The molecule has 1 heterocycles. The van der Waals surface area contributed by atoms with E-state index in [0.717, 1.165) is 13.0 Å². The van der Waals surface area contributed by atoms with Crippen molar-refractivity contribution in [2.45, 2.75) is 32.4 Å². The van der Waals surface area contributed by atoms with Crippen LogP contribution in [0, 0.1) is 6.92 Å². The topological polar surface area (TPSA) is 50.4 Å². The van der Waals surface area contributed by atoms with Crippen LogP contribution in [0.5, 0.6) is 0 Å². The van der Waals surface area contributed by atoms with Gasteiger partial charge in [0.2, 0.25) is 0 Å². The summed E-state index contributed by atoms with van der Waals surface area (Å²) in [6.45, 7) is 6.15. The second-order valence-corrected chi connectivity index (χ2v) is 5.10. The first-order valence-electron chi connectivity index (χ1n) is 6.84. The number of carbonyl (C=O) groups excluding carboxylic acids is 1. The molecule has 2 atom stereocenters. The largest absolute Gasteiger partial charge is 0.366 e. The molecule has 2 rings (SSSR count). The van der Waals surface area contributed by atoms with Crippen molar-refractivity contribution in [3.63, 3.8) is 0 Å². The van der Waals surface area contributed by atoms with E-state index in [0.29, 0.717) is 13.2 Å². The Morgan fingerprint density at radius 1 is 1.53 bits per heavy atom. The van der Waals surface area contributed by atoms with E-state index in [1.165, 1.54) is 11.1 Å². The van der Waals surface area contributed by atoms with Crippen molar-refractivity contribution in [2.75, 3.05) is 19.7 Å². The summed E-state index contributed by atoms with van der Waals surface area (Å²) < 4.78 is 5.44. The number of ether oxygens (including phenoxy) is 1. The smallest absolute Gasteiger partial charge is 0.250 e. The van der Waals surface area contributed by atoms with E-state index < -0.39 is 0 Å². The SMILES string of the molecule is Cc1ccccc1CC(C)NC(=O)C1CNCCO1. The maximum Gasteiger partial charge on any atom is 0.250 e. The summed E-state index contributed by atoms with van der Waals surface area (Å²) in [5.74, 6) is -0.0201. The molecule has 1 saturated heterocycles. The number of rotatable bonds is 4. The number of aryl methyl sites for hydroxylation is 1. The summed E-state index contributed by atoms with van der Waals surface area (Å²) in [6, 6.07) is 8.38. The Morgan fingerprint density at radius 2 is 2.32 bits per heavy atom. The standard InChI is InChI=1S/C15H22N2O2/c1-11-5-3-4-6-13(11)9-12(2)17-15(18)14-10-16-7-8-19-14/h3-6,12,14,16H,7-10H2,1-2H3,(H,17,18). The number of morpholine rings is 1. The number of carbonyl (C=O) groups is 1. The zero-order valence-electron chi connectivity index (χ0n) is 11.6. The molecule has 2 N–H and O–H groups in total. The molecule has 4 heteroatoms. The molecule has 19 heavy (non-hydrogen) atoms. The van der Waals surface area contributed by atoms with Gasteiger partial charge in [0, 0.05) is 19.1 Å². The van der Waals surface area contributed by atoms with Gasteiger partial charge in [-0.3, -0.25) is 4.79 Å². The van der Waals surface area contributed by atoms with Gasteiger partial charge in [0.15, 0.2) is 0 Å². The number of hydrogen-bond acceptors (Lipinski definition) is 3. The van der Waals surface area contributed by atoms with Crippen LogP contribution in [0.1, 0.15) is 18.1 Å². The monoisotopic (exact) mass is 262 g/mol. The third-order valence-corrected chi connectivity index (χ3v) is 3.40. The van der Waals surface area contributed by atoms with Crippen LogP contribution in [0.15, 0.2) is 24.3 Å². The van der Waals surface area contributed by atoms with Gasteiger partial charge in [-0.2, -0.15) is 0 Å². The maximum atomic E-state index is 12.0. The lowest BCUT2D eigenvalue weighted by Gasteiger charge is -2.24. The molecule has 104 valence electrons. The van der Waals surface area contributed by atoms with Crippen molar-refractivity contribution in [3.05, 3.63) is 35.4 Å². The summed E-state index contributed by atoms with van der Waals surface area (Å²) in [4.78, 5) is 12.0. The fourth-order valence-electron chi connectivity index (χ4n) is 2.29. The minimum Gasteiger partial charge on any atom is -0.366 e. The van der Waals surface area contributed by atoms with E-state index in [4.69, 9.17) is 4.74 Å². The van der Waals surface area contributed by atoms with Crippen LogP contribution in [0.3, 0.4) is 0 Å². The highest BCUT2D eigenvalue weighted by molar-refractivity contribution is 5.81. The first-order chi connectivity index (χ1) is 9.16. The molecule has 1 fully saturated rings. The molecule has 1 amide bonds. The van der Waals surface area contributed by atoms with Crippen molar-refractivity contribution in [3.8, 4) is 0 Å². The molecule has 4 nitrogen and oxygen atoms in total. The third kappa shape index (κ3) is 4.04. The highest BCUT2D eigenvalue weighted by Gasteiger charge is 2.22. The average Bonchev–Trinajstić information content (AvgIpc) is 2.42.